The van der Waals surface area contributed by atoms with Crippen molar-refractivity contribution in [2.45, 2.75) is 13.8 Å². The Hall–Kier alpha value is -3.14. The lowest BCUT2D eigenvalue weighted by molar-refractivity contribution is -0.114. The maximum absolute atomic E-state index is 12.6. The average Bonchev–Trinajstić information content (AvgIpc) is 2.57. The van der Waals surface area contributed by atoms with E-state index in [2.05, 4.69) is 10.6 Å². The van der Waals surface area contributed by atoms with Crippen LogP contribution in [0.5, 0.6) is 0 Å². The van der Waals surface area contributed by atoms with Gasteiger partial charge in [-0.1, -0.05) is 30.3 Å². The van der Waals surface area contributed by atoms with Crippen molar-refractivity contribution in [3.63, 3.8) is 0 Å². The van der Waals surface area contributed by atoms with Crippen LogP contribution in [-0.4, -0.2) is 11.8 Å². The van der Waals surface area contributed by atoms with E-state index >= 15 is 0 Å². The Morgan fingerprint density at radius 3 is 1.96 bits per heavy atom. The molecule has 0 fully saturated rings. The fraction of sp³-hybridized carbons (Fsp3) is 0.100. The van der Waals surface area contributed by atoms with Gasteiger partial charge in [-0.25, -0.2) is 0 Å². The van der Waals surface area contributed by atoms with E-state index in [0.29, 0.717) is 16.9 Å². The highest BCUT2D eigenvalue weighted by Gasteiger charge is 2.11. The Balaban J connectivity index is 1.85. The Kier molecular flexibility index (Phi) is 4.29. The quantitative estimate of drug-likeness (QED) is 0.754. The van der Waals surface area contributed by atoms with Gasteiger partial charge in [-0.05, 0) is 53.6 Å². The summed E-state index contributed by atoms with van der Waals surface area (Å²) in [6.45, 7) is 3.49. The number of anilines is 2. The highest BCUT2D eigenvalue weighted by molar-refractivity contribution is 6.13. The van der Waals surface area contributed by atoms with Crippen LogP contribution in [0.1, 0.15) is 22.8 Å². The smallest absolute Gasteiger partial charge is 0.256 e. The third kappa shape index (κ3) is 3.27. The van der Waals surface area contributed by atoms with Crippen LogP contribution in [0.4, 0.5) is 11.4 Å². The van der Waals surface area contributed by atoms with E-state index in [1.807, 2.05) is 43.3 Å². The summed E-state index contributed by atoms with van der Waals surface area (Å²) in [4.78, 5) is 23.7. The molecule has 0 aromatic heterocycles. The predicted octanol–water partition coefficient (Wildman–Crippen LogP) is 4.36. The Morgan fingerprint density at radius 2 is 1.33 bits per heavy atom. The summed E-state index contributed by atoms with van der Waals surface area (Å²) in [5.41, 5.74) is 3.16. The first-order valence-electron chi connectivity index (χ1n) is 7.72. The molecule has 120 valence electrons. The van der Waals surface area contributed by atoms with Gasteiger partial charge >= 0.3 is 0 Å². The fourth-order valence-corrected chi connectivity index (χ4v) is 2.69. The molecule has 0 atom stereocenters. The van der Waals surface area contributed by atoms with E-state index in [9.17, 15) is 9.59 Å². The minimum atomic E-state index is -0.154. The molecule has 2 N–H and O–H groups in total. The number of fused-ring (bicyclic) bond motifs is 1. The van der Waals surface area contributed by atoms with Crippen LogP contribution in [0.2, 0.25) is 0 Å². The molecule has 3 aromatic rings. The monoisotopic (exact) mass is 318 g/mol. The second kappa shape index (κ2) is 6.54. The summed E-state index contributed by atoms with van der Waals surface area (Å²) in [7, 11) is 0. The summed E-state index contributed by atoms with van der Waals surface area (Å²) in [5.74, 6) is -0.281. The third-order valence-electron chi connectivity index (χ3n) is 3.85. The molecule has 0 saturated carbocycles. The van der Waals surface area contributed by atoms with Gasteiger partial charge in [0.15, 0.2) is 0 Å². The van der Waals surface area contributed by atoms with Crippen molar-refractivity contribution in [2.24, 2.45) is 0 Å². The average molecular weight is 318 g/mol. The number of hydrogen-bond acceptors (Lipinski definition) is 2. The van der Waals surface area contributed by atoms with Gasteiger partial charge in [0.1, 0.15) is 0 Å². The first kappa shape index (κ1) is 15.7. The normalized spacial score (nSPS) is 10.4. The molecule has 0 aliphatic rings. The fourth-order valence-electron chi connectivity index (χ4n) is 2.69. The molecule has 0 bridgehead atoms. The molecule has 4 nitrogen and oxygen atoms in total. The summed E-state index contributed by atoms with van der Waals surface area (Å²) in [6, 6.07) is 18.7. The topological polar surface area (TPSA) is 58.2 Å². The molecule has 3 rings (SSSR count). The highest BCUT2D eigenvalue weighted by atomic mass is 16.2. The number of rotatable bonds is 3. The van der Waals surface area contributed by atoms with E-state index in [1.165, 1.54) is 6.92 Å². The number of benzene rings is 3. The third-order valence-corrected chi connectivity index (χ3v) is 3.85. The van der Waals surface area contributed by atoms with Gasteiger partial charge in [0.25, 0.3) is 5.91 Å². The van der Waals surface area contributed by atoms with E-state index in [0.717, 1.165) is 16.3 Å². The van der Waals surface area contributed by atoms with Gasteiger partial charge in [0, 0.05) is 23.9 Å². The SMILES string of the molecule is CC(=O)Nc1ccc(NC(=O)c2ccc(C)c3ccccc23)cc1. The summed E-state index contributed by atoms with van der Waals surface area (Å²) in [6.07, 6.45) is 0. The van der Waals surface area contributed by atoms with Gasteiger partial charge in [-0.3, -0.25) is 9.59 Å². The Bertz CT molecular complexity index is 915. The van der Waals surface area contributed by atoms with E-state index < -0.39 is 0 Å². The van der Waals surface area contributed by atoms with E-state index in [1.54, 1.807) is 24.3 Å². The van der Waals surface area contributed by atoms with Gasteiger partial charge in [0.05, 0.1) is 0 Å². The van der Waals surface area contributed by atoms with Gasteiger partial charge in [-0.15, -0.1) is 0 Å². The Morgan fingerprint density at radius 1 is 0.750 bits per heavy atom. The first-order valence-corrected chi connectivity index (χ1v) is 7.72. The molecule has 0 spiro atoms. The first-order chi connectivity index (χ1) is 11.5. The molecule has 3 aromatic carbocycles. The van der Waals surface area contributed by atoms with Crippen LogP contribution in [0.25, 0.3) is 10.8 Å². The zero-order valence-corrected chi connectivity index (χ0v) is 13.6. The molecule has 0 saturated heterocycles. The molecule has 0 aliphatic carbocycles. The zero-order valence-electron chi connectivity index (χ0n) is 13.6. The van der Waals surface area contributed by atoms with Crippen molar-refractivity contribution >= 4 is 34.0 Å². The maximum atomic E-state index is 12.6. The highest BCUT2D eigenvalue weighted by Crippen LogP contribution is 2.23. The van der Waals surface area contributed by atoms with Crippen LogP contribution in [0, 0.1) is 6.92 Å². The molecule has 0 heterocycles. The molecule has 24 heavy (non-hydrogen) atoms. The lowest BCUT2D eigenvalue weighted by atomic mass is 10.00. The van der Waals surface area contributed by atoms with Crippen molar-refractivity contribution < 1.29 is 9.59 Å². The summed E-state index contributed by atoms with van der Waals surface area (Å²) < 4.78 is 0. The molecule has 2 amide bonds. The molecule has 0 radical (unpaired) electrons. The Labute approximate surface area is 140 Å². The van der Waals surface area contributed by atoms with Crippen molar-refractivity contribution in [1.82, 2.24) is 0 Å². The van der Waals surface area contributed by atoms with E-state index in [-0.39, 0.29) is 11.8 Å². The summed E-state index contributed by atoms with van der Waals surface area (Å²) >= 11 is 0. The van der Waals surface area contributed by atoms with Crippen molar-refractivity contribution in [3.8, 4) is 0 Å². The minimum Gasteiger partial charge on any atom is -0.326 e. The van der Waals surface area contributed by atoms with Crippen LogP contribution in [0.15, 0.2) is 60.7 Å². The van der Waals surface area contributed by atoms with Crippen LogP contribution in [0.3, 0.4) is 0 Å². The number of carbonyl (C=O) groups is 2. The number of carbonyl (C=O) groups excluding carboxylic acids is 2. The number of aryl methyl sites for hydroxylation is 1. The molecule has 0 unspecified atom stereocenters. The zero-order chi connectivity index (χ0) is 17.1. The van der Waals surface area contributed by atoms with E-state index in [4.69, 9.17) is 0 Å². The number of amides is 2. The van der Waals surface area contributed by atoms with Gasteiger partial charge in [-0.2, -0.15) is 0 Å². The van der Waals surface area contributed by atoms with Gasteiger partial charge in [0.2, 0.25) is 5.91 Å². The van der Waals surface area contributed by atoms with Crippen molar-refractivity contribution in [3.05, 3.63) is 71.8 Å². The second-order valence-corrected chi connectivity index (χ2v) is 5.69. The van der Waals surface area contributed by atoms with Crippen molar-refractivity contribution in [1.29, 1.82) is 0 Å². The predicted molar refractivity (Wildman–Crippen MR) is 97.4 cm³/mol. The minimum absolute atomic E-state index is 0.127. The lowest BCUT2D eigenvalue weighted by Crippen LogP contribution is -2.12. The van der Waals surface area contributed by atoms with Crippen LogP contribution in [-0.2, 0) is 4.79 Å². The maximum Gasteiger partial charge on any atom is 0.256 e. The second-order valence-electron chi connectivity index (χ2n) is 5.69. The van der Waals surface area contributed by atoms with Crippen molar-refractivity contribution in [2.75, 3.05) is 10.6 Å². The lowest BCUT2D eigenvalue weighted by Gasteiger charge is -2.10. The molecular weight excluding hydrogens is 300 g/mol. The summed E-state index contributed by atoms with van der Waals surface area (Å²) in [5, 5.41) is 7.60. The van der Waals surface area contributed by atoms with Gasteiger partial charge < -0.3 is 10.6 Å². The molecule has 0 aliphatic heterocycles. The largest absolute Gasteiger partial charge is 0.326 e. The number of hydrogen-bond donors (Lipinski definition) is 2. The number of nitrogens with one attached hydrogen (secondary N) is 2. The standard InChI is InChI=1S/C20H18N2O2/c1-13-7-12-19(18-6-4-3-5-17(13)18)20(24)22-16-10-8-15(9-11-16)21-14(2)23/h3-12H,1-2H3,(H,21,23)(H,22,24). The van der Waals surface area contributed by atoms with Crippen LogP contribution >= 0.6 is 0 Å². The molecular formula is C20H18N2O2. The van der Waals surface area contributed by atoms with Crippen LogP contribution < -0.4 is 10.6 Å². The molecule has 4 heteroatoms.